The number of nitrogens with zero attached hydrogens (tertiary/aromatic N) is 1. The summed E-state index contributed by atoms with van der Waals surface area (Å²) in [4.78, 5) is 11.1. The zero-order valence-corrected chi connectivity index (χ0v) is 7.43. The summed E-state index contributed by atoms with van der Waals surface area (Å²) < 4.78 is 37.8. The van der Waals surface area contributed by atoms with Gasteiger partial charge in [-0.05, 0) is 6.92 Å². The summed E-state index contributed by atoms with van der Waals surface area (Å²) in [5.74, 6) is 0. The van der Waals surface area contributed by atoms with Gasteiger partial charge in [-0.2, -0.15) is 13.2 Å². The van der Waals surface area contributed by atoms with E-state index in [4.69, 9.17) is 5.73 Å². The van der Waals surface area contributed by atoms with Crippen LogP contribution < -0.4 is 11.3 Å². The van der Waals surface area contributed by atoms with Crippen LogP contribution in [0.25, 0.3) is 0 Å². The Morgan fingerprint density at radius 3 is 2.50 bits per heavy atom. The number of anilines is 1. The predicted octanol–water partition coefficient (Wildman–Crippen LogP) is 1.47. The van der Waals surface area contributed by atoms with Gasteiger partial charge < -0.3 is 10.3 Å². The van der Waals surface area contributed by atoms with Crippen LogP contribution in [-0.4, -0.2) is 4.57 Å². The Morgan fingerprint density at radius 2 is 2.07 bits per heavy atom. The first kappa shape index (κ1) is 10.6. The summed E-state index contributed by atoms with van der Waals surface area (Å²) in [5.41, 5.74) is 2.96. The van der Waals surface area contributed by atoms with E-state index in [1.807, 2.05) is 0 Å². The zero-order valence-electron chi connectivity index (χ0n) is 7.43. The number of hydrogen-bond acceptors (Lipinski definition) is 2. The molecule has 1 aromatic heterocycles. The maximum Gasteiger partial charge on any atom is 0.418 e. The number of aryl methyl sites for hydroxylation is 1. The van der Waals surface area contributed by atoms with E-state index in [-0.39, 0.29) is 0 Å². The number of hydrogen-bond donors (Lipinski definition) is 1. The Morgan fingerprint density at radius 1 is 1.50 bits per heavy atom. The van der Waals surface area contributed by atoms with Gasteiger partial charge in [0.05, 0.1) is 11.3 Å². The molecule has 0 amide bonds. The molecule has 6 heteroatoms. The van der Waals surface area contributed by atoms with Crippen molar-refractivity contribution in [2.24, 2.45) is 0 Å². The molecule has 0 unspecified atom stereocenters. The molecular formula is C8H9F3N2O. The Labute approximate surface area is 78.0 Å². The van der Waals surface area contributed by atoms with Gasteiger partial charge in [-0.25, -0.2) is 0 Å². The van der Waals surface area contributed by atoms with Crippen LogP contribution in [0.5, 0.6) is 0 Å². The first-order valence-electron chi connectivity index (χ1n) is 3.93. The minimum atomic E-state index is -4.57. The van der Waals surface area contributed by atoms with Crippen molar-refractivity contribution in [3.8, 4) is 0 Å². The van der Waals surface area contributed by atoms with E-state index in [1.54, 1.807) is 6.92 Å². The molecule has 0 aliphatic carbocycles. The molecule has 0 aliphatic rings. The molecule has 1 heterocycles. The molecule has 3 nitrogen and oxygen atoms in total. The fourth-order valence-corrected chi connectivity index (χ4v) is 1.08. The van der Waals surface area contributed by atoms with Crippen molar-refractivity contribution in [2.45, 2.75) is 19.6 Å². The van der Waals surface area contributed by atoms with E-state index in [0.29, 0.717) is 12.6 Å². The topological polar surface area (TPSA) is 48.0 Å². The predicted molar refractivity (Wildman–Crippen MR) is 45.8 cm³/mol. The Bertz CT molecular complexity index is 395. The monoisotopic (exact) mass is 206 g/mol. The van der Waals surface area contributed by atoms with Crippen molar-refractivity contribution < 1.29 is 13.2 Å². The maximum absolute atomic E-state index is 12.2. The van der Waals surface area contributed by atoms with Crippen molar-refractivity contribution >= 4 is 5.69 Å². The number of nitrogen functional groups attached to an aromatic ring is 1. The highest BCUT2D eigenvalue weighted by Gasteiger charge is 2.33. The van der Waals surface area contributed by atoms with Crippen molar-refractivity contribution in [1.29, 1.82) is 0 Å². The summed E-state index contributed by atoms with van der Waals surface area (Å²) in [6.45, 7) is 1.94. The van der Waals surface area contributed by atoms with E-state index in [1.165, 1.54) is 0 Å². The Kier molecular flexibility index (Phi) is 2.55. The fourth-order valence-electron chi connectivity index (χ4n) is 1.08. The molecule has 0 radical (unpaired) electrons. The lowest BCUT2D eigenvalue weighted by Gasteiger charge is -2.11. The van der Waals surface area contributed by atoms with Crippen LogP contribution in [-0.2, 0) is 12.7 Å². The summed E-state index contributed by atoms with van der Waals surface area (Å²) >= 11 is 0. The minimum absolute atomic E-state index is 0.293. The average Bonchev–Trinajstić information content (AvgIpc) is 2.06. The van der Waals surface area contributed by atoms with Crippen LogP contribution in [0.1, 0.15) is 12.5 Å². The van der Waals surface area contributed by atoms with Crippen LogP contribution in [0.4, 0.5) is 18.9 Å². The van der Waals surface area contributed by atoms with E-state index in [2.05, 4.69) is 0 Å². The second kappa shape index (κ2) is 3.36. The smallest absolute Gasteiger partial charge is 0.397 e. The lowest BCUT2D eigenvalue weighted by Crippen LogP contribution is -2.22. The van der Waals surface area contributed by atoms with E-state index < -0.39 is 23.0 Å². The molecule has 0 bridgehead atoms. The number of rotatable bonds is 1. The molecule has 0 saturated carbocycles. The third-order valence-electron chi connectivity index (χ3n) is 1.80. The highest BCUT2D eigenvalue weighted by molar-refractivity contribution is 5.45. The molecule has 0 saturated heterocycles. The molecule has 0 atom stereocenters. The number of pyridine rings is 1. The van der Waals surface area contributed by atoms with Crippen LogP contribution in [0.15, 0.2) is 17.1 Å². The number of halogens is 3. The lowest BCUT2D eigenvalue weighted by atomic mass is 10.2. The minimum Gasteiger partial charge on any atom is -0.397 e. The summed E-state index contributed by atoms with van der Waals surface area (Å²) in [6.07, 6.45) is -3.57. The number of nitrogens with two attached hydrogens (primary N) is 1. The van der Waals surface area contributed by atoms with Gasteiger partial charge >= 0.3 is 6.18 Å². The third-order valence-corrected chi connectivity index (χ3v) is 1.80. The first-order valence-corrected chi connectivity index (χ1v) is 3.93. The van der Waals surface area contributed by atoms with Crippen molar-refractivity contribution in [1.82, 2.24) is 4.57 Å². The van der Waals surface area contributed by atoms with Crippen LogP contribution >= 0.6 is 0 Å². The molecular weight excluding hydrogens is 197 g/mol. The first-order chi connectivity index (χ1) is 6.36. The van der Waals surface area contributed by atoms with Gasteiger partial charge in [0.1, 0.15) is 0 Å². The largest absolute Gasteiger partial charge is 0.418 e. The van der Waals surface area contributed by atoms with Gasteiger partial charge in [0, 0.05) is 18.8 Å². The van der Waals surface area contributed by atoms with E-state index in [0.717, 1.165) is 10.8 Å². The van der Waals surface area contributed by atoms with Gasteiger partial charge in [-0.3, -0.25) is 4.79 Å². The van der Waals surface area contributed by atoms with Gasteiger partial charge in [-0.15, -0.1) is 0 Å². The van der Waals surface area contributed by atoms with Gasteiger partial charge in [0.2, 0.25) is 0 Å². The molecule has 2 N–H and O–H groups in total. The molecule has 0 spiro atoms. The quantitative estimate of drug-likeness (QED) is 0.756. The second-order valence-electron chi connectivity index (χ2n) is 2.76. The molecule has 1 rings (SSSR count). The summed E-state index contributed by atoms with van der Waals surface area (Å²) in [7, 11) is 0. The Balaban J connectivity index is 3.37. The summed E-state index contributed by atoms with van der Waals surface area (Å²) in [5, 5.41) is 0. The number of aromatic nitrogens is 1. The lowest BCUT2D eigenvalue weighted by molar-refractivity contribution is -0.137. The summed E-state index contributed by atoms with van der Waals surface area (Å²) in [6, 6.07) is 0.513. The molecule has 0 aliphatic heterocycles. The van der Waals surface area contributed by atoms with Crippen molar-refractivity contribution in [3.63, 3.8) is 0 Å². The van der Waals surface area contributed by atoms with Crippen LogP contribution in [0, 0.1) is 0 Å². The zero-order chi connectivity index (χ0) is 10.9. The van der Waals surface area contributed by atoms with Crippen molar-refractivity contribution in [2.75, 3.05) is 5.73 Å². The standard InChI is InChI=1S/C8H9F3N2O/c1-2-13-4-6(12)5(3-7(13)14)8(9,10)11/h3-4H,2,12H2,1H3. The third kappa shape index (κ3) is 1.89. The average molecular weight is 206 g/mol. The fraction of sp³-hybridized carbons (Fsp3) is 0.375. The van der Waals surface area contributed by atoms with E-state index >= 15 is 0 Å². The van der Waals surface area contributed by atoms with Gasteiger partial charge in [0.15, 0.2) is 0 Å². The highest BCUT2D eigenvalue weighted by atomic mass is 19.4. The molecule has 0 fully saturated rings. The maximum atomic E-state index is 12.2. The molecule has 78 valence electrons. The SMILES string of the molecule is CCn1cc(N)c(C(F)(F)F)cc1=O. The second-order valence-corrected chi connectivity index (χ2v) is 2.76. The Hall–Kier alpha value is -1.46. The van der Waals surface area contributed by atoms with Gasteiger partial charge in [-0.1, -0.05) is 0 Å². The number of alkyl halides is 3. The molecule has 1 aromatic rings. The van der Waals surface area contributed by atoms with Gasteiger partial charge in [0.25, 0.3) is 5.56 Å². The van der Waals surface area contributed by atoms with Crippen LogP contribution in [0.2, 0.25) is 0 Å². The highest BCUT2D eigenvalue weighted by Crippen LogP contribution is 2.31. The van der Waals surface area contributed by atoms with Crippen molar-refractivity contribution in [3.05, 3.63) is 28.2 Å². The van der Waals surface area contributed by atoms with Crippen LogP contribution in [0.3, 0.4) is 0 Å². The van der Waals surface area contributed by atoms with E-state index in [9.17, 15) is 18.0 Å². The normalized spacial score (nSPS) is 11.7. The molecule has 14 heavy (non-hydrogen) atoms. The molecule has 0 aromatic carbocycles.